The third kappa shape index (κ3) is 3.39. The average Bonchev–Trinajstić information content (AvgIpc) is 2.78. The summed E-state index contributed by atoms with van der Waals surface area (Å²) in [5, 5.41) is 13.8. The summed E-state index contributed by atoms with van der Waals surface area (Å²) in [7, 11) is 0. The van der Waals surface area contributed by atoms with E-state index in [4.69, 9.17) is 4.42 Å². The van der Waals surface area contributed by atoms with Crippen LogP contribution in [0, 0.1) is 9.39 Å². The van der Waals surface area contributed by atoms with Crippen molar-refractivity contribution in [2.45, 2.75) is 13.5 Å². The molecule has 0 unspecified atom stereocenters. The Morgan fingerprint density at radius 2 is 2.22 bits per heavy atom. The van der Waals surface area contributed by atoms with Gasteiger partial charge in [-0.1, -0.05) is 12.0 Å². The molecule has 2 aromatic rings. The van der Waals surface area contributed by atoms with Gasteiger partial charge in [-0.05, 0) is 47.3 Å². The standard InChI is InChI=1S/C11H12FIN4O/c1-2-14-6-10-16-17-11(18-10)15-9-4-3-7(12)5-8(9)13/h3-5,14H,2,6H2,1H3,(H,15,17). The van der Waals surface area contributed by atoms with Crippen LogP contribution in [-0.4, -0.2) is 16.7 Å². The number of anilines is 2. The molecule has 1 heterocycles. The van der Waals surface area contributed by atoms with Crippen LogP contribution in [0.3, 0.4) is 0 Å². The summed E-state index contributed by atoms with van der Waals surface area (Å²) in [6.45, 7) is 3.36. The molecular formula is C11H12FIN4O. The molecular weight excluding hydrogens is 350 g/mol. The van der Waals surface area contributed by atoms with Gasteiger partial charge in [0.25, 0.3) is 0 Å². The van der Waals surface area contributed by atoms with E-state index in [0.29, 0.717) is 18.5 Å². The summed E-state index contributed by atoms with van der Waals surface area (Å²) in [4.78, 5) is 0. The van der Waals surface area contributed by atoms with Crippen molar-refractivity contribution in [3.05, 3.63) is 33.5 Å². The number of nitrogens with zero attached hydrogens (tertiary/aromatic N) is 2. The lowest BCUT2D eigenvalue weighted by Gasteiger charge is -2.03. The van der Waals surface area contributed by atoms with Crippen molar-refractivity contribution >= 4 is 34.3 Å². The molecule has 0 aliphatic carbocycles. The van der Waals surface area contributed by atoms with E-state index in [-0.39, 0.29) is 5.82 Å². The SMILES string of the molecule is CCNCc1nnc(Nc2ccc(F)cc2I)o1. The maximum absolute atomic E-state index is 12.9. The van der Waals surface area contributed by atoms with E-state index in [2.05, 4.69) is 20.8 Å². The van der Waals surface area contributed by atoms with Gasteiger partial charge in [-0.15, -0.1) is 5.10 Å². The molecule has 0 fully saturated rings. The van der Waals surface area contributed by atoms with Gasteiger partial charge in [-0.25, -0.2) is 4.39 Å². The highest BCUT2D eigenvalue weighted by molar-refractivity contribution is 14.1. The first-order valence-corrected chi connectivity index (χ1v) is 6.52. The van der Waals surface area contributed by atoms with E-state index < -0.39 is 0 Å². The normalized spacial score (nSPS) is 10.6. The Bertz CT molecular complexity index is 532. The lowest BCUT2D eigenvalue weighted by Crippen LogP contribution is -2.11. The fourth-order valence-electron chi connectivity index (χ4n) is 1.31. The molecule has 0 spiro atoms. The third-order valence-corrected chi connectivity index (χ3v) is 3.06. The Balaban J connectivity index is 2.06. The Hall–Kier alpha value is -1.22. The van der Waals surface area contributed by atoms with Gasteiger partial charge >= 0.3 is 6.01 Å². The highest BCUT2D eigenvalue weighted by Crippen LogP contribution is 2.22. The Labute approximate surface area is 117 Å². The molecule has 2 N–H and O–H groups in total. The zero-order chi connectivity index (χ0) is 13.0. The van der Waals surface area contributed by atoms with Gasteiger partial charge in [0.15, 0.2) is 0 Å². The number of benzene rings is 1. The molecule has 0 aliphatic heterocycles. The lowest BCUT2D eigenvalue weighted by atomic mass is 10.3. The van der Waals surface area contributed by atoms with Crippen LogP contribution in [0.5, 0.6) is 0 Å². The summed E-state index contributed by atoms with van der Waals surface area (Å²) in [6, 6.07) is 4.73. The number of rotatable bonds is 5. The van der Waals surface area contributed by atoms with E-state index in [0.717, 1.165) is 15.8 Å². The highest BCUT2D eigenvalue weighted by Gasteiger charge is 2.08. The van der Waals surface area contributed by atoms with Crippen LogP contribution in [0.2, 0.25) is 0 Å². The summed E-state index contributed by atoms with van der Waals surface area (Å²) >= 11 is 2.04. The van der Waals surface area contributed by atoms with Crippen molar-refractivity contribution < 1.29 is 8.81 Å². The van der Waals surface area contributed by atoms with Crippen molar-refractivity contribution in [2.24, 2.45) is 0 Å². The second kappa shape index (κ2) is 6.10. The molecule has 0 atom stereocenters. The Morgan fingerprint density at radius 1 is 1.39 bits per heavy atom. The number of hydrogen-bond acceptors (Lipinski definition) is 5. The van der Waals surface area contributed by atoms with Crippen LogP contribution < -0.4 is 10.6 Å². The Morgan fingerprint density at radius 3 is 2.94 bits per heavy atom. The molecule has 2 rings (SSSR count). The fraction of sp³-hybridized carbons (Fsp3) is 0.273. The number of aromatic nitrogens is 2. The molecule has 7 heteroatoms. The second-order valence-electron chi connectivity index (χ2n) is 3.53. The molecule has 1 aromatic carbocycles. The van der Waals surface area contributed by atoms with Gasteiger partial charge in [-0.3, -0.25) is 0 Å². The minimum atomic E-state index is -0.275. The molecule has 96 valence electrons. The van der Waals surface area contributed by atoms with Gasteiger partial charge < -0.3 is 15.1 Å². The van der Waals surface area contributed by atoms with Crippen molar-refractivity contribution in [3.63, 3.8) is 0 Å². The lowest BCUT2D eigenvalue weighted by molar-refractivity contribution is 0.484. The number of hydrogen-bond donors (Lipinski definition) is 2. The van der Waals surface area contributed by atoms with Crippen LogP contribution in [-0.2, 0) is 6.54 Å². The summed E-state index contributed by atoms with van der Waals surface area (Å²) < 4.78 is 19.1. The van der Waals surface area contributed by atoms with E-state index in [1.54, 1.807) is 6.07 Å². The Kier molecular flexibility index (Phi) is 4.48. The summed E-state index contributed by atoms with van der Waals surface area (Å²) in [5.41, 5.74) is 0.732. The number of nitrogens with one attached hydrogen (secondary N) is 2. The summed E-state index contributed by atoms with van der Waals surface area (Å²) in [6.07, 6.45) is 0. The average molecular weight is 362 g/mol. The number of halogens is 2. The second-order valence-corrected chi connectivity index (χ2v) is 4.69. The topological polar surface area (TPSA) is 63.0 Å². The monoisotopic (exact) mass is 362 g/mol. The van der Waals surface area contributed by atoms with Crippen molar-refractivity contribution in [2.75, 3.05) is 11.9 Å². The predicted octanol–water partition coefficient (Wildman–Crippen LogP) is 2.67. The maximum Gasteiger partial charge on any atom is 0.320 e. The highest BCUT2D eigenvalue weighted by atomic mass is 127. The van der Waals surface area contributed by atoms with E-state index in [1.807, 2.05) is 29.5 Å². The van der Waals surface area contributed by atoms with Crippen LogP contribution in [0.25, 0.3) is 0 Å². The first kappa shape index (κ1) is 13.2. The predicted molar refractivity (Wildman–Crippen MR) is 74.1 cm³/mol. The molecule has 0 saturated heterocycles. The minimum absolute atomic E-state index is 0.275. The fourth-order valence-corrected chi connectivity index (χ4v) is 1.93. The van der Waals surface area contributed by atoms with E-state index >= 15 is 0 Å². The first-order chi connectivity index (χ1) is 8.69. The smallest absolute Gasteiger partial charge is 0.320 e. The molecule has 1 aromatic heterocycles. The van der Waals surface area contributed by atoms with Crippen molar-refractivity contribution in [3.8, 4) is 0 Å². The molecule has 0 saturated carbocycles. The van der Waals surface area contributed by atoms with Crippen molar-refractivity contribution in [1.29, 1.82) is 0 Å². The van der Waals surface area contributed by atoms with Gasteiger partial charge in [0.2, 0.25) is 5.89 Å². The molecule has 0 radical (unpaired) electrons. The third-order valence-electron chi connectivity index (χ3n) is 2.17. The van der Waals surface area contributed by atoms with Crippen LogP contribution >= 0.6 is 22.6 Å². The molecule has 5 nitrogen and oxygen atoms in total. The van der Waals surface area contributed by atoms with Crippen LogP contribution in [0.1, 0.15) is 12.8 Å². The minimum Gasteiger partial charge on any atom is -0.406 e. The van der Waals surface area contributed by atoms with Crippen LogP contribution in [0.15, 0.2) is 22.6 Å². The van der Waals surface area contributed by atoms with E-state index in [1.165, 1.54) is 12.1 Å². The molecule has 0 bridgehead atoms. The molecule has 0 aliphatic rings. The van der Waals surface area contributed by atoms with Gasteiger partial charge in [0.05, 0.1) is 12.2 Å². The van der Waals surface area contributed by atoms with Gasteiger partial charge in [0, 0.05) is 3.57 Å². The van der Waals surface area contributed by atoms with Crippen molar-refractivity contribution in [1.82, 2.24) is 15.5 Å². The van der Waals surface area contributed by atoms with Gasteiger partial charge in [0.1, 0.15) is 5.82 Å². The maximum atomic E-state index is 12.9. The van der Waals surface area contributed by atoms with Crippen LogP contribution in [0.4, 0.5) is 16.1 Å². The zero-order valence-electron chi connectivity index (χ0n) is 9.70. The quantitative estimate of drug-likeness (QED) is 0.801. The molecule has 0 amide bonds. The largest absolute Gasteiger partial charge is 0.406 e. The zero-order valence-corrected chi connectivity index (χ0v) is 11.9. The summed E-state index contributed by atoms with van der Waals surface area (Å²) in [5.74, 6) is 0.236. The molecule has 18 heavy (non-hydrogen) atoms. The van der Waals surface area contributed by atoms with Gasteiger partial charge in [-0.2, -0.15) is 0 Å². The first-order valence-electron chi connectivity index (χ1n) is 5.44. The van der Waals surface area contributed by atoms with E-state index in [9.17, 15) is 4.39 Å².